The van der Waals surface area contributed by atoms with E-state index in [9.17, 15) is 4.39 Å². The van der Waals surface area contributed by atoms with E-state index < -0.39 is 0 Å². The van der Waals surface area contributed by atoms with Crippen LogP contribution < -0.4 is 4.90 Å². The first kappa shape index (κ1) is 14.7. The molecule has 5 heteroatoms. The van der Waals surface area contributed by atoms with Crippen LogP contribution in [0.15, 0.2) is 39.4 Å². The number of anilines is 1. The first-order valence-corrected chi connectivity index (χ1v) is 6.93. The molecule has 0 saturated carbocycles. The molecular formula is C14H13Cl3FN. The molecule has 0 heterocycles. The molecule has 1 aromatic carbocycles. The van der Waals surface area contributed by atoms with Crippen LogP contribution in [0.4, 0.5) is 10.1 Å². The maximum Gasteiger partial charge on any atom is 0.127 e. The van der Waals surface area contributed by atoms with Gasteiger partial charge < -0.3 is 4.90 Å². The highest BCUT2D eigenvalue weighted by Crippen LogP contribution is 2.43. The van der Waals surface area contributed by atoms with E-state index in [4.69, 9.17) is 34.8 Å². The zero-order valence-corrected chi connectivity index (χ0v) is 12.8. The van der Waals surface area contributed by atoms with Gasteiger partial charge in [-0.05, 0) is 30.2 Å². The predicted molar refractivity (Wildman–Crippen MR) is 80.8 cm³/mol. The second-order valence-corrected chi connectivity index (χ2v) is 5.79. The van der Waals surface area contributed by atoms with Crippen molar-refractivity contribution >= 4 is 40.5 Å². The highest BCUT2D eigenvalue weighted by molar-refractivity contribution is 6.48. The molecule has 0 fully saturated rings. The van der Waals surface area contributed by atoms with Gasteiger partial charge in [-0.3, -0.25) is 0 Å². The molecule has 1 aliphatic carbocycles. The van der Waals surface area contributed by atoms with Crippen molar-refractivity contribution in [1.82, 2.24) is 0 Å². The fourth-order valence-electron chi connectivity index (χ4n) is 2.02. The van der Waals surface area contributed by atoms with Gasteiger partial charge in [0.05, 0.1) is 10.1 Å². The maximum absolute atomic E-state index is 14.0. The number of hydrogen-bond donors (Lipinski definition) is 0. The maximum atomic E-state index is 14.0. The molecule has 1 nitrogen and oxygen atoms in total. The second kappa shape index (κ2) is 5.74. The highest BCUT2D eigenvalue weighted by atomic mass is 35.5. The van der Waals surface area contributed by atoms with Gasteiger partial charge >= 0.3 is 0 Å². The van der Waals surface area contributed by atoms with Crippen LogP contribution in [0.5, 0.6) is 0 Å². The average molecular weight is 321 g/mol. The minimum atomic E-state index is -0.287. The Hall–Kier alpha value is -0.700. The summed E-state index contributed by atoms with van der Waals surface area (Å²) in [5.74, 6) is -0.568. The van der Waals surface area contributed by atoms with Gasteiger partial charge in [-0.25, -0.2) is 4.39 Å². The van der Waals surface area contributed by atoms with Gasteiger partial charge in [0.1, 0.15) is 5.82 Å². The third-order valence-electron chi connectivity index (χ3n) is 3.13. The molecular weight excluding hydrogens is 308 g/mol. The van der Waals surface area contributed by atoms with E-state index in [1.165, 1.54) is 6.07 Å². The predicted octanol–water partition coefficient (Wildman–Crippen LogP) is 5.19. The van der Waals surface area contributed by atoms with Gasteiger partial charge in [0.25, 0.3) is 0 Å². The third kappa shape index (κ3) is 2.91. The van der Waals surface area contributed by atoms with Crippen molar-refractivity contribution in [2.75, 3.05) is 19.0 Å². The molecule has 0 spiro atoms. The second-order valence-electron chi connectivity index (χ2n) is 4.60. The SMILES string of the molecule is CN(C)c1ccc(F)c(C2CC=C(Cl)C(Cl)=C2Cl)c1. The van der Waals surface area contributed by atoms with Gasteiger partial charge in [0.2, 0.25) is 0 Å². The molecule has 2 rings (SSSR count). The fourth-order valence-corrected chi connectivity index (χ4v) is 2.78. The Morgan fingerprint density at radius 2 is 1.89 bits per heavy atom. The Kier molecular flexibility index (Phi) is 4.44. The molecule has 102 valence electrons. The highest BCUT2D eigenvalue weighted by Gasteiger charge is 2.25. The summed E-state index contributed by atoms with van der Waals surface area (Å²) in [4.78, 5) is 1.91. The van der Waals surface area contributed by atoms with Gasteiger partial charge in [-0.2, -0.15) is 0 Å². The Bertz CT molecular complexity index is 564. The van der Waals surface area contributed by atoms with E-state index >= 15 is 0 Å². The monoisotopic (exact) mass is 319 g/mol. The van der Waals surface area contributed by atoms with Gasteiger partial charge in [-0.15, -0.1) is 0 Å². The first-order chi connectivity index (χ1) is 8.91. The van der Waals surface area contributed by atoms with Gasteiger partial charge in [0.15, 0.2) is 0 Å². The Morgan fingerprint density at radius 3 is 2.53 bits per heavy atom. The van der Waals surface area contributed by atoms with E-state index in [2.05, 4.69) is 0 Å². The van der Waals surface area contributed by atoms with Crippen molar-refractivity contribution in [2.45, 2.75) is 12.3 Å². The topological polar surface area (TPSA) is 3.24 Å². The number of hydrogen-bond acceptors (Lipinski definition) is 1. The summed E-state index contributed by atoms with van der Waals surface area (Å²) in [5.41, 5.74) is 1.45. The summed E-state index contributed by atoms with van der Waals surface area (Å²) in [5, 5.41) is 1.12. The lowest BCUT2D eigenvalue weighted by Crippen LogP contribution is -2.11. The van der Waals surface area contributed by atoms with Crippen molar-refractivity contribution < 1.29 is 4.39 Å². The van der Waals surface area contributed by atoms with Crippen LogP contribution in [0.25, 0.3) is 0 Å². The zero-order chi connectivity index (χ0) is 14.2. The Balaban J connectivity index is 2.46. The molecule has 0 radical (unpaired) electrons. The molecule has 0 aromatic heterocycles. The van der Waals surface area contributed by atoms with E-state index in [1.807, 2.05) is 19.0 Å². The normalized spacial score (nSPS) is 19.5. The molecule has 1 aromatic rings. The standard InChI is InChI=1S/C14H13Cl3FN/c1-19(2)8-3-6-12(18)10(7-8)9-4-5-11(15)14(17)13(9)16/h3,5-7,9H,4H2,1-2H3. The molecule has 1 unspecified atom stereocenters. The lowest BCUT2D eigenvalue weighted by Gasteiger charge is -2.23. The smallest absolute Gasteiger partial charge is 0.127 e. The summed E-state index contributed by atoms with van der Waals surface area (Å²) >= 11 is 18.2. The summed E-state index contributed by atoms with van der Waals surface area (Å²) in [7, 11) is 3.80. The van der Waals surface area contributed by atoms with E-state index in [0.29, 0.717) is 27.1 Å². The quantitative estimate of drug-likeness (QED) is 0.724. The fraction of sp³-hybridized carbons (Fsp3) is 0.286. The molecule has 0 N–H and O–H groups in total. The minimum Gasteiger partial charge on any atom is -0.378 e. The van der Waals surface area contributed by atoms with E-state index in [-0.39, 0.29) is 11.7 Å². The molecule has 0 amide bonds. The van der Waals surface area contributed by atoms with Crippen LogP contribution in [-0.4, -0.2) is 14.1 Å². The number of nitrogens with zero attached hydrogens (tertiary/aromatic N) is 1. The van der Waals surface area contributed by atoms with Crippen molar-refractivity contribution in [3.8, 4) is 0 Å². The number of benzene rings is 1. The number of halogens is 4. The largest absolute Gasteiger partial charge is 0.378 e. The van der Waals surface area contributed by atoms with Crippen molar-refractivity contribution in [3.05, 3.63) is 50.8 Å². The van der Waals surface area contributed by atoms with Gasteiger partial charge in [-0.1, -0.05) is 40.9 Å². The van der Waals surface area contributed by atoms with Crippen LogP contribution >= 0.6 is 34.8 Å². The summed E-state index contributed by atoms with van der Waals surface area (Å²) in [6.07, 6.45) is 2.31. The summed E-state index contributed by atoms with van der Waals surface area (Å²) < 4.78 is 14.0. The lowest BCUT2D eigenvalue weighted by molar-refractivity contribution is 0.597. The van der Waals surface area contributed by atoms with E-state index in [0.717, 1.165) is 5.69 Å². The van der Waals surface area contributed by atoms with Crippen LogP contribution in [0.3, 0.4) is 0 Å². The van der Waals surface area contributed by atoms with Crippen molar-refractivity contribution in [2.24, 2.45) is 0 Å². The summed E-state index contributed by atoms with van der Waals surface area (Å²) in [6, 6.07) is 4.96. The lowest BCUT2D eigenvalue weighted by atomic mass is 9.91. The van der Waals surface area contributed by atoms with Crippen molar-refractivity contribution in [1.29, 1.82) is 0 Å². The molecule has 19 heavy (non-hydrogen) atoms. The first-order valence-electron chi connectivity index (χ1n) is 5.79. The van der Waals surface area contributed by atoms with Crippen LogP contribution in [0.2, 0.25) is 0 Å². The van der Waals surface area contributed by atoms with Crippen molar-refractivity contribution in [3.63, 3.8) is 0 Å². The van der Waals surface area contributed by atoms with Gasteiger partial charge in [0, 0.05) is 30.7 Å². The summed E-state index contributed by atoms with van der Waals surface area (Å²) in [6.45, 7) is 0. The number of rotatable bonds is 2. The third-order valence-corrected chi connectivity index (χ3v) is 4.53. The van der Waals surface area contributed by atoms with E-state index in [1.54, 1.807) is 18.2 Å². The average Bonchev–Trinajstić information content (AvgIpc) is 2.37. The minimum absolute atomic E-state index is 0.281. The Labute approximate surface area is 127 Å². The molecule has 0 bridgehead atoms. The van der Waals surface area contributed by atoms with Crippen LogP contribution in [-0.2, 0) is 0 Å². The molecule has 1 atom stereocenters. The molecule has 0 aliphatic heterocycles. The van der Waals surface area contributed by atoms with Crippen LogP contribution in [0.1, 0.15) is 17.9 Å². The number of allylic oxidation sites excluding steroid dienone is 4. The zero-order valence-electron chi connectivity index (χ0n) is 10.6. The van der Waals surface area contributed by atoms with Crippen LogP contribution in [0, 0.1) is 5.82 Å². The molecule has 0 saturated heterocycles. The molecule has 1 aliphatic rings. The Morgan fingerprint density at radius 1 is 1.21 bits per heavy atom.